The largest absolute Gasteiger partial charge is 0.493 e. The van der Waals surface area contributed by atoms with E-state index < -0.39 is 11.3 Å². The highest BCUT2D eigenvalue weighted by Gasteiger charge is 2.18. The molecule has 8 nitrogen and oxygen atoms in total. The molecule has 0 aliphatic carbocycles. The van der Waals surface area contributed by atoms with E-state index in [9.17, 15) is 9.59 Å². The van der Waals surface area contributed by atoms with E-state index in [0.717, 1.165) is 21.3 Å². The van der Waals surface area contributed by atoms with Gasteiger partial charge in [0.05, 0.1) is 19.3 Å². The second-order valence-electron chi connectivity index (χ2n) is 8.42. The molecule has 0 spiro atoms. The van der Waals surface area contributed by atoms with Crippen molar-refractivity contribution in [2.45, 2.75) is 13.2 Å². The summed E-state index contributed by atoms with van der Waals surface area (Å²) < 4.78 is 34.2. The van der Waals surface area contributed by atoms with Crippen molar-refractivity contribution in [3.63, 3.8) is 0 Å². The third-order valence-electron chi connectivity index (χ3n) is 6.10. The van der Waals surface area contributed by atoms with E-state index >= 15 is 0 Å². The first kappa shape index (κ1) is 23.3. The second kappa shape index (κ2) is 9.42. The predicted molar refractivity (Wildman–Crippen MR) is 139 cm³/mol. The quantitative estimate of drug-likeness (QED) is 0.248. The van der Waals surface area contributed by atoms with Crippen molar-refractivity contribution >= 4 is 37.9 Å². The van der Waals surface area contributed by atoms with Gasteiger partial charge in [0.1, 0.15) is 23.7 Å². The van der Waals surface area contributed by atoms with Gasteiger partial charge < -0.3 is 27.8 Å². The van der Waals surface area contributed by atoms with Gasteiger partial charge in [-0.25, -0.2) is 9.59 Å². The maximum Gasteiger partial charge on any atom is 0.344 e. The highest BCUT2D eigenvalue weighted by Crippen LogP contribution is 2.34. The maximum atomic E-state index is 12.9. The predicted octanol–water partition coefficient (Wildman–Crippen LogP) is 5.78. The molecule has 0 N–H and O–H groups in total. The lowest BCUT2D eigenvalue weighted by Gasteiger charge is -2.21. The lowest BCUT2D eigenvalue weighted by molar-refractivity contribution is -0.0176. The Kier molecular flexibility index (Phi) is 5.94. The van der Waals surface area contributed by atoms with Crippen LogP contribution in [0.3, 0.4) is 0 Å². The van der Waals surface area contributed by atoms with E-state index in [-0.39, 0.29) is 24.5 Å². The number of hydrogen-bond acceptors (Lipinski definition) is 8. The van der Waals surface area contributed by atoms with Gasteiger partial charge in [-0.2, -0.15) is 0 Å². The fourth-order valence-electron chi connectivity index (χ4n) is 4.45. The summed E-state index contributed by atoms with van der Waals surface area (Å²) in [6.07, 6.45) is 0. The Bertz CT molecular complexity index is 1790. The van der Waals surface area contributed by atoms with Gasteiger partial charge in [-0.05, 0) is 36.4 Å². The average Bonchev–Trinajstić information content (AvgIpc) is 2.90. The zero-order valence-corrected chi connectivity index (χ0v) is 21.1. The van der Waals surface area contributed by atoms with Crippen LogP contribution in [-0.2, 0) is 18.0 Å². The number of halogens is 1. The molecule has 2 aromatic heterocycles. The summed E-state index contributed by atoms with van der Waals surface area (Å²) in [5.41, 5.74) is 1.87. The van der Waals surface area contributed by atoms with Crippen molar-refractivity contribution in [3.05, 3.63) is 97.1 Å². The third kappa shape index (κ3) is 4.36. The topological polar surface area (TPSA) is 97.3 Å². The molecule has 3 aromatic carbocycles. The summed E-state index contributed by atoms with van der Waals surface area (Å²) in [6.45, 7) is 0.871. The van der Waals surface area contributed by atoms with E-state index in [4.69, 9.17) is 27.8 Å². The molecule has 0 saturated carbocycles. The van der Waals surface area contributed by atoms with Gasteiger partial charge in [0.2, 0.25) is 0 Å². The van der Waals surface area contributed by atoms with E-state index in [2.05, 4.69) is 15.9 Å². The minimum Gasteiger partial charge on any atom is -0.493 e. The van der Waals surface area contributed by atoms with Crippen LogP contribution in [0.25, 0.3) is 33.1 Å². The van der Waals surface area contributed by atoms with Crippen molar-refractivity contribution in [3.8, 4) is 28.4 Å². The van der Waals surface area contributed by atoms with Crippen LogP contribution in [0.5, 0.6) is 17.2 Å². The van der Waals surface area contributed by atoms with E-state index in [1.165, 1.54) is 13.2 Å². The van der Waals surface area contributed by atoms with Crippen LogP contribution in [0.2, 0.25) is 0 Å². The number of hydrogen-bond donors (Lipinski definition) is 0. The van der Waals surface area contributed by atoms with E-state index in [1.54, 1.807) is 42.5 Å². The molecular formula is C28H19BrO8. The standard InChI is InChI=1S/C28H19BrO8/c1-32-23-4-2-3-15-9-22(28(31)37-27(15)23)21-11-25(30)36-24-10-19(5-6-20(21)24)34-13-17-8-18(29)7-16-12-33-14-35-26(16)17/h2-11H,12-14H2,1H3. The zero-order valence-electron chi connectivity index (χ0n) is 19.5. The molecular weight excluding hydrogens is 544 g/mol. The molecule has 0 amide bonds. The first-order chi connectivity index (χ1) is 18.0. The fraction of sp³-hybridized carbons (Fsp3) is 0.143. The maximum absolute atomic E-state index is 12.9. The van der Waals surface area contributed by atoms with Gasteiger partial charge in [0.15, 0.2) is 18.1 Å². The summed E-state index contributed by atoms with van der Waals surface area (Å²) >= 11 is 3.51. The Morgan fingerprint density at radius 3 is 2.73 bits per heavy atom. The molecule has 1 aliphatic heterocycles. The van der Waals surface area contributed by atoms with Crippen LogP contribution in [0.15, 0.2) is 83.6 Å². The molecule has 9 heteroatoms. The lowest BCUT2D eigenvalue weighted by Crippen LogP contribution is -2.14. The Labute approximate surface area is 218 Å². The average molecular weight is 563 g/mol. The summed E-state index contributed by atoms with van der Waals surface area (Å²) in [7, 11) is 1.51. The first-order valence-corrected chi connectivity index (χ1v) is 12.1. The van der Waals surface area contributed by atoms with Crippen LogP contribution in [0, 0.1) is 0 Å². The fourth-order valence-corrected chi connectivity index (χ4v) is 5.00. The van der Waals surface area contributed by atoms with Gasteiger partial charge in [-0.15, -0.1) is 0 Å². The van der Waals surface area contributed by atoms with Crippen molar-refractivity contribution in [1.29, 1.82) is 0 Å². The molecule has 186 valence electrons. The first-order valence-electron chi connectivity index (χ1n) is 11.3. The SMILES string of the molecule is COc1cccc2cc(-c3cc(=O)oc4cc(OCc5cc(Br)cc6c5OCOC6)ccc34)c(=O)oc12. The molecule has 5 aromatic rings. The van der Waals surface area contributed by atoms with Crippen LogP contribution in [0.1, 0.15) is 11.1 Å². The molecule has 1 aliphatic rings. The number of rotatable bonds is 5. The number of methoxy groups -OCH3 is 1. The normalized spacial score (nSPS) is 12.8. The highest BCUT2D eigenvalue weighted by atomic mass is 79.9. The van der Waals surface area contributed by atoms with Gasteiger partial charge in [-0.1, -0.05) is 28.1 Å². The van der Waals surface area contributed by atoms with Crippen molar-refractivity contribution in [2.24, 2.45) is 0 Å². The lowest BCUT2D eigenvalue weighted by atomic mass is 10.0. The van der Waals surface area contributed by atoms with E-state index in [1.807, 2.05) is 12.1 Å². The Morgan fingerprint density at radius 1 is 0.973 bits per heavy atom. The van der Waals surface area contributed by atoms with Crippen molar-refractivity contribution < 1.29 is 27.8 Å². The smallest absolute Gasteiger partial charge is 0.344 e. The highest BCUT2D eigenvalue weighted by molar-refractivity contribution is 9.10. The number of para-hydroxylation sites is 1. The molecule has 0 saturated heterocycles. The molecule has 0 fully saturated rings. The van der Waals surface area contributed by atoms with Gasteiger partial charge in [0, 0.05) is 44.1 Å². The molecule has 0 radical (unpaired) electrons. The Balaban J connectivity index is 1.38. The zero-order chi connectivity index (χ0) is 25.5. The van der Waals surface area contributed by atoms with Crippen molar-refractivity contribution in [2.75, 3.05) is 13.9 Å². The van der Waals surface area contributed by atoms with Crippen LogP contribution >= 0.6 is 15.9 Å². The monoisotopic (exact) mass is 562 g/mol. The summed E-state index contributed by atoms with van der Waals surface area (Å²) in [5, 5.41) is 1.24. The third-order valence-corrected chi connectivity index (χ3v) is 6.55. The minimum atomic E-state index is -0.598. The molecule has 37 heavy (non-hydrogen) atoms. The Morgan fingerprint density at radius 2 is 1.86 bits per heavy atom. The van der Waals surface area contributed by atoms with Gasteiger partial charge >= 0.3 is 11.3 Å². The van der Waals surface area contributed by atoms with Crippen LogP contribution in [0.4, 0.5) is 0 Å². The van der Waals surface area contributed by atoms with E-state index in [0.29, 0.717) is 40.0 Å². The number of benzene rings is 3. The molecule has 0 bridgehead atoms. The summed E-state index contributed by atoms with van der Waals surface area (Å²) in [4.78, 5) is 25.4. The van der Waals surface area contributed by atoms with Gasteiger partial charge in [0.25, 0.3) is 0 Å². The molecule has 0 atom stereocenters. The molecule has 3 heterocycles. The molecule has 6 rings (SSSR count). The Hall–Kier alpha value is -4.08. The summed E-state index contributed by atoms with van der Waals surface area (Å²) in [6, 6.07) is 17.3. The van der Waals surface area contributed by atoms with Crippen molar-refractivity contribution in [1.82, 2.24) is 0 Å². The summed E-state index contributed by atoms with van der Waals surface area (Å²) in [5.74, 6) is 1.68. The minimum absolute atomic E-state index is 0.182. The van der Waals surface area contributed by atoms with Gasteiger partial charge in [-0.3, -0.25) is 0 Å². The van der Waals surface area contributed by atoms with Crippen LogP contribution < -0.4 is 25.5 Å². The second-order valence-corrected chi connectivity index (χ2v) is 9.33. The molecule has 0 unspecified atom stereocenters. The number of ether oxygens (including phenoxy) is 4. The number of fused-ring (bicyclic) bond motifs is 3. The van der Waals surface area contributed by atoms with Crippen LogP contribution in [-0.4, -0.2) is 13.9 Å².